The van der Waals surface area contributed by atoms with Crippen LogP contribution in [0.25, 0.3) is 5.57 Å². The van der Waals surface area contributed by atoms with Crippen molar-refractivity contribution in [3.05, 3.63) is 104 Å². The van der Waals surface area contributed by atoms with E-state index in [0.29, 0.717) is 43.1 Å². The standard InChI is InChI=1S/C24H17Cl2NO2S/c1-15-19(26)8-5-9-20(15)27-23(28)21(17-10-12-18(25)13-11-17)22(24(27)29)30-14-16-6-3-2-4-7-16/h2-13H,14H2,1H3. The number of hydrogen-bond donors (Lipinski definition) is 0. The minimum atomic E-state index is -0.358. The average Bonchev–Trinajstić information content (AvgIpc) is 2.99. The molecule has 0 saturated heterocycles. The third-order valence-electron chi connectivity index (χ3n) is 4.88. The van der Waals surface area contributed by atoms with Crippen LogP contribution in [0.15, 0.2) is 77.7 Å². The van der Waals surface area contributed by atoms with E-state index in [1.807, 2.05) is 30.3 Å². The second-order valence-corrected chi connectivity index (χ2v) is 8.64. The van der Waals surface area contributed by atoms with Gasteiger partial charge in [-0.05, 0) is 47.9 Å². The Balaban J connectivity index is 1.77. The molecule has 30 heavy (non-hydrogen) atoms. The van der Waals surface area contributed by atoms with Gasteiger partial charge in [0.1, 0.15) is 0 Å². The lowest BCUT2D eigenvalue weighted by Gasteiger charge is -2.18. The lowest BCUT2D eigenvalue weighted by molar-refractivity contribution is -0.119. The summed E-state index contributed by atoms with van der Waals surface area (Å²) < 4.78 is 0. The first-order valence-electron chi connectivity index (χ1n) is 9.28. The Morgan fingerprint density at radius 2 is 1.53 bits per heavy atom. The van der Waals surface area contributed by atoms with Gasteiger partial charge in [0, 0.05) is 15.8 Å². The zero-order valence-electron chi connectivity index (χ0n) is 16.1. The van der Waals surface area contributed by atoms with Gasteiger partial charge >= 0.3 is 0 Å². The summed E-state index contributed by atoms with van der Waals surface area (Å²) in [5, 5.41) is 1.07. The van der Waals surface area contributed by atoms with E-state index >= 15 is 0 Å². The smallest absolute Gasteiger partial charge is 0.268 e. The molecule has 3 aromatic carbocycles. The maximum Gasteiger partial charge on any atom is 0.272 e. The van der Waals surface area contributed by atoms with Crippen molar-refractivity contribution in [2.75, 3.05) is 4.90 Å². The van der Waals surface area contributed by atoms with Crippen LogP contribution in [-0.2, 0) is 15.3 Å². The molecule has 1 aliphatic rings. The lowest BCUT2D eigenvalue weighted by atomic mass is 10.1. The van der Waals surface area contributed by atoms with Gasteiger partial charge in [-0.1, -0.05) is 71.7 Å². The second-order valence-electron chi connectivity index (χ2n) is 6.81. The van der Waals surface area contributed by atoms with Crippen molar-refractivity contribution in [2.24, 2.45) is 0 Å². The van der Waals surface area contributed by atoms with E-state index in [4.69, 9.17) is 23.2 Å². The predicted octanol–water partition coefficient (Wildman–Crippen LogP) is 6.52. The largest absolute Gasteiger partial charge is 0.272 e. The SMILES string of the molecule is Cc1c(Cl)cccc1N1C(=O)C(SCc2ccccc2)=C(c2ccc(Cl)cc2)C1=O. The number of nitrogens with zero attached hydrogens (tertiary/aromatic N) is 1. The van der Waals surface area contributed by atoms with E-state index < -0.39 is 0 Å². The molecular weight excluding hydrogens is 437 g/mol. The lowest BCUT2D eigenvalue weighted by Crippen LogP contribution is -2.32. The van der Waals surface area contributed by atoms with Gasteiger partial charge < -0.3 is 0 Å². The highest BCUT2D eigenvalue weighted by Crippen LogP contribution is 2.41. The Bertz CT molecular complexity index is 1160. The summed E-state index contributed by atoms with van der Waals surface area (Å²) in [5.41, 5.74) is 3.31. The fraction of sp³-hybridized carbons (Fsp3) is 0.0833. The molecule has 1 aliphatic heterocycles. The van der Waals surface area contributed by atoms with E-state index in [9.17, 15) is 9.59 Å². The molecule has 0 bridgehead atoms. The number of hydrogen-bond acceptors (Lipinski definition) is 3. The number of thioether (sulfide) groups is 1. The highest BCUT2D eigenvalue weighted by atomic mass is 35.5. The molecule has 4 rings (SSSR count). The summed E-state index contributed by atoms with van der Waals surface area (Å²) in [4.78, 5) is 28.5. The minimum absolute atomic E-state index is 0.337. The van der Waals surface area contributed by atoms with E-state index in [2.05, 4.69) is 0 Å². The summed E-state index contributed by atoms with van der Waals surface area (Å²) in [5.74, 6) is -0.117. The van der Waals surface area contributed by atoms with Gasteiger partial charge in [0.15, 0.2) is 0 Å². The Morgan fingerprint density at radius 1 is 0.833 bits per heavy atom. The first-order valence-corrected chi connectivity index (χ1v) is 11.0. The third-order valence-corrected chi connectivity index (χ3v) is 6.69. The van der Waals surface area contributed by atoms with Crippen LogP contribution < -0.4 is 4.90 Å². The van der Waals surface area contributed by atoms with Crippen molar-refractivity contribution in [2.45, 2.75) is 12.7 Å². The number of rotatable bonds is 5. The predicted molar refractivity (Wildman–Crippen MR) is 125 cm³/mol. The third kappa shape index (κ3) is 3.91. The van der Waals surface area contributed by atoms with Crippen LogP contribution in [0.3, 0.4) is 0 Å². The van der Waals surface area contributed by atoms with Crippen molar-refractivity contribution in [3.63, 3.8) is 0 Å². The highest BCUT2D eigenvalue weighted by Gasteiger charge is 2.40. The topological polar surface area (TPSA) is 37.4 Å². The first kappa shape index (κ1) is 20.7. The molecular formula is C24H17Cl2NO2S. The molecule has 150 valence electrons. The van der Waals surface area contributed by atoms with Crippen LogP contribution in [0.5, 0.6) is 0 Å². The molecule has 0 aliphatic carbocycles. The number of imide groups is 1. The Kier molecular flexibility index (Phi) is 6.00. The molecule has 1 heterocycles. The van der Waals surface area contributed by atoms with Gasteiger partial charge in [-0.3, -0.25) is 9.59 Å². The molecule has 0 aromatic heterocycles. The molecule has 3 aromatic rings. The summed E-state index contributed by atoms with van der Waals surface area (Å²) in [6.45, 7) is 1.80. The number of anilines is 1. The van der Waals surface area contributed by atoms with Crippen molar-refractivity contribution >= 4 is 58.0 Å². The molecule has 0 fully saturated rings. The molecule has 0 unspecified atom stereocenters. The van der Waals surface area contributed by atoms with E-state index in [0.717, 1.165) is 5.56 Å². The minimum Gasteiger partial charge on any atom is -0.268 e. The van der Waals surface area contributed by atoms with E-state index in [1.54, 1.807) is 49.4 Å². The summed E-state index contributed by atoms with van der Waals surface area (Å²) in [7, 11) is 0. The number of carbonyl (C=O) groups is 2. The maximum atomic E-state index is 13.4. The quantitative estimate of drug-likeness (QED) is 0.412. The fourth-order valence-electron chi connectivity index (χ4n) is 3.30. The Labute approximate surface area is 189 Å². The first-order chi connectivity index (χ1) is 14.5. The Morgan fingerprint density at radius 3 is 2.23 bits per heavy atom. The fourth-order valence-corrected chi connectivity index (χ4v) is 4.66. The monoisotopic (exact) mass is 453 g/mol. The van der Waals surface area contributed by atoms with Gasteiger partial charge in [0.2, 0.25) is 0 Å². The van der Waals surface area contributed by atoms with Crippen molar-refractivity contribution in [1.82, 2.24) is 0 Å². The molecule has 6 heteroatoms. The van der Waals surface area contributed by atoms with Crippen molar-refractivity contribution in [3.8, 4) is 0 Å². The number of amides is 2. The van der Waals surface area contributed by atoms with Crippen LogP contribution in [0, 0.1) is 6.92 Å². The number of carbonyl (C=O) groups excluding carboxylic acids is 2. The summed E-state index contributed by atoms with van der Waals surface area (Å²) >= 11 is 13.6. The number of halogens is 2. The molecule has 2 amide bonds. The average molecular weight is 454 g/mol. The zero-order chi connectivity index (χ0) is 21.3. The molecule has 0 spiro atoms. The van der Waals surface area contributed by atoms with Gasteiger partial charge in [0.25, 0.3) is 11.8 Å². The van der Waals surface area contributed by atoms with Crippen LogP contribution in [0.4, 0.5) is 5.69 Å². The van der Waals surface area contributed by atoms with Crippen molar-refractivity contribution in [1.29, 1.82) is 0 Å². The van der Waals surface area contributed by atoms with Crippen LogP contribution in [0.2, 0.25) is 10.0 Å². The van der Waals surface area contributed by atoms with Gasteiger partial charge in [-0.25, -0.2) is 4.90 Å². The van der Waals surface area contributed by atoms with Crippen LogP contribution in [0.1, 0.15) is 16.7 Å². The molecule has 0 N–H and O–H groups in total. The van der Waals surface area contributed by atoms with E-state index in [1.165, 1.54) is 16.7 Å². The molecule has 0 atom stereocenters. The van der Waals surface area contributed by atoms with Gasteiger partial charge in [-0.2, -0.15) is 0 Å². The normalized spacial score (nSPS) is 14.0. The second kappa shape index (κ2) is 8.68. The zero-order valence-corrected chi connectivity index (χ0v) is 18.4. The van der Waals surface area contributed by atoms with Gasteiger partial charge in [0.05, 0.1) is 16.2 Å². The Hall–Kier alpha value is -2.53. The van der Waals surface area contributed by atoms with Crippen LogP contribution in [-0.4, -0.2) is 11.8 Å². The molecule has 0 radical (unpaired) electrons. The van der Waals surface area contributed by atoms with Crippen molar-refractivity contribution < 1.29 is 9.59 Å². The van der Waals surface area contributed by atoms with E-state index in [-0.39, 0.29) is 11.8 Å². The molecule has 0 saturated carbocycles. The maximum absolute atomic E-state index is 13.4. The van der Waals surface area contributed by atoms with Crippen LogP contribution >= 0.6 is 35.0 Å². The highest BCUT2D eigenvalue weighted by molar-refractivity contribution is 8.03. The number of benzene rings is 3. The molecule has 3 nitrogen and oxygen atoms in total. The summed E-state index contributed by atoms with van der Waals surface area (Å²) in [6, 6.07) is 22.0. The summed E-state index contributed by atoms with van der Waals surface area (Å²) in [6.07, 6.45) is 0. The van der Waals surface area contributed by atoms with Gasteiger partial charge in [-0.15, -0.1) is 11.8 Å².